The van der Waals surface area contributed by atoms with Crippen molar-refractivity contribution in [1.82, 2.24) is 21.3 Å². The Kier molecular flexibility index (Phi) is 12.9. The predicted molar refractivity (Wildman–Crippen MR) is 137 cm³/mol. The van der Waals surface area contributed by atoms with E-state index in [4.69, 9.17) is 0 Å². The van der Waals surface area contributed by atoms with Crippen molar-refractivity contribution in [2.45, 2.75) is 76.0 Å². The highest BCUT2D eigenvalue weighted by Gasteiger charge is 2.31. The van der Waals surface area contributed by atoms with Crippen LogP contribution in [0.25, 0.3) is 0 Å². The average molecular weight is 513 g/mol. The smallest absolute Gasteiger partial charge is 0.345 e. The van der Waals surface area contributed by atoms with Gasteiger partial charge in [0, 0.05) is 6.42 Å². The average Bonchev–Trinajstić information content (AvgIpc) is 2.85. The SMILES string of the molecule is CNCC(CNC)C[C@H](NC)C(=O)NC(CCC1CCCCC1)C(=O)Cc1cccc(C(F)(F)F)c1. The lowest BCUT2D eigenvalue weighted by molar-refractivity contribution is -0.137. The minimum absolute atomic E-state index is 0.147. The van der Waals surface area contributed by atoms with Crippen LogP contribution in [0.1, 0.15) is 62.5 Å². The minimum atomic E-state index is -4.47. The van der Waals surface area contributed by atoms with Crippen LogP contribution in [0, 0.1) is 11.8 Å². The number of Topliss-reactive ketones (excluding diaryl/α,β-unsaturated/α-hetero) is 1. The van der Waals surface area contributed by atoms with Gasteiger partial charge >= 0.3 is 6.18 Å². The highest BCUT2D eigenvalue weighted by Crippen LogP contribution is 2.30. The number of likely N-dealkylation sites (N-methyl/N-ethyl adjacent to an activating group) is 1. The molecule has 0 aromatic heterocycles. The van der Waals surface area contributed by atoms with Crippen molar-refractivity contribution in [3.8, 4) is 0 Å². The van der Waals surface area contributed by atoms with Gasteiger partial charge in [-0.2, -0.15) is 13.2 Å². The van der Waals surface area contributed by atoms with Crippen LogP contribution >= 0.6 is 0 Å². The zero-order chi connectivity index (χ0) is 26.6. The van der Waals surface area contributed by atoms with Gasteiger partial charge in [-0.05, 0) is 77.0 Å². The molecule has 204 valence electrons. The monoisotopic (exact) mass is 512 g/mol. The van der Waals surface area contributed by atoms with Gasteiger partial charge in [0.05, 0.1) is 17.6 Å². The van der Waals surface area contributed by atoms with Gasteiger partial charge in [0.2, 0.25) is 5.91 Å². The summed E-state index contributed by atoms with van der Waals surface area (Å²) in [6.07, 6.45) is 3.13. The highest BCUT2D eigenvalue weighted by atomic mass is 19.4. The van der Waals surface area contributed by atoms with E-state index in [9.17, 15) is 22.8 Å². The number of alkyl halides is 3. The Morgan fingerprint density at radius 3 is 2.25 bits per heavy atom. The molecular weight excluding hydrogens is 469 g/mol. The van der Waals surface area contributed by atoms with Crippen LogP contribution in [0.5, 0.6) is 0 Å². The van der Waals surface area contributed by atoms with Crippen molar-refractivity contribution < 1.29 is 22.8 Å². The zero-order valence-corrected chi connectivity index (χ0v) is 21.8. The van der Waals surface area contributed by atoms with E-state index in [0.717, 1.165) is 44.5 Å². The molecule has 36 heavy (non-hydrogen) atoms. The van der Waals surface area contributed by atoms with Crippen molar-refractivity contribution in [3.05, 3.63) is 35.4 Å². The molecule has 0 saturated heterocycles. The Morgan fingerprint density at radius 1 is 1.00 bits per heavy atom. The summed E-state index contributed by atoms with van der Waals surface area (Å²) in [4.78, 5) is 26.5. The third-order valence-electron chi connectivity index (χ3n) is 7.15. The van der Waals surface area contributed by atoms with E-state index in [-0.39, 0.29) is 24.0 Å². The number of halogens is 3. The summed E-state index contributed by atoms with van der Waals surface area (Å²) >= 11 is 0. The quantitative estimate of drug-likeness (QED) is 0.288. The molecule has 2 rings (SSSR count). The lowest BCUT2D eigenvalue weighted by Crippen LogP contribution is -2.51. The van der Waals surface area contributed by atoms with Crippen LogP contribution in [0.3, 0.4) is 0 Å². The van der Waals surface area contributed by atoms with E-state index in [0.29, 0.717) is 24.3 Å². The molecule has 0 aliphatic heterocycles. The molecule has 0 bridgehead atoms. The lowest BCUT2D eigenvalue weighted by atomic mass is 9.84. The second kappa shape index (κ2) is 15.3. The van der Waals surface area contributed by atoms with Gasteiger partial charge in [-0.25, -0.2) is 0 Å². The maximum absolute atomic E-state index is 13.3. The first-order valence-corrected chi connectivity index (χ1v) is 13.1. The second-order valence-electron chi connectivity index (χ2n) is 10.0. The molecular formula is C27H43F3N4O2. The number of hydrogen-bond acceptors (Lipinski definition) is 5. The fourth-order valence-corrected chi connectivity index (χ4v) is 5.15. The van der Waals surface area contributed by atoms with Crippen molar-refractivity contribution in [2.75, 3.05) is 34.2 Å². The number of amides is 1. The van der Waals surface area contributed by atoms with Crippen molar-refractivity contribution in [3.63, 3.8) is 0 Å². The van der Waals surface area contributed by atoms with Gasteiger partial charge < -0.3 is 21.3 Å². The summed E-state index contributed by atoms with van der Waals surface area (Å²) in [5, 5.41) is 12.3. The van der Waals surface area contributed by atoms with Crippen molar-refractivity contribution in [2.24, 2.45) is 11.8 Å². The number of rotatable bonds is 15. The van der Waals surface area contributed by atoms with Crippen LogP contribution in [-0.2, 0) is 22.2 Å². The van der Waals surface area contributed by atoms with E-state index < -0.39 is 23.8 Å². The van der Waals surface area contributed by atoms with E-state index in [1.54, 1.807) is 7.05 Å². The van der Waals surface area contributed by atoms with Gasteiger partial charge in [-0.15, -0.1) is 0 Å². The number of carbonyl (C=O) groups is 2. The topological polar surface area (TPSA) is 82.3 Å². The molecule has 6 nitrogen and oxygen atoms in total. The first kappa shape index (κ1) is 30.3. The van der Waals surface area contributed by atoms with Gasteiger partial charge in [0.1, 0.15) is 0 Å². The maximum Gasteiger partial charge on any atom is 0.416 e. The summed E-state index contributed by atoms with van der Waals surface area (Å²) in [5.41, 5.74) is -0.467. The zero-order valence-electron chi connectivity index (χ0n) is 21.8. The molecule has 1 fully saturated rings. The summed E-state index contributed by atoms with van der Waals surface area (Å²) in [6, 6.07) is 3.67. The Bertz CT molecular complexity index is 806. The number of benzene rings is 1. The summed E-state index contributed by atoms with van der Waals surface area (Å²) in [5.74, 6) is 0.232. The molecule has 0 radical (unpaired) electrons. The highest BCUT2D eigenvalue weighted by molar-refractivity contribution is 5.92. The molecule has 2 atom stereocenters. The van der Waals surface area contributed by atoms with E-state index in [1.807, 2.05) is 14.1 Å². The molecule has 1 aliphatic carbocycles. The fourth-order valence-electron chi connectivity index (χ4n) is 5.15. The van der Waals surface area contributed by atoms with Gasteiger partial charge in [-0.1, -0.05) is 50.3 Å². The summed E-state index contributed by atoms with van der Waals surface area (Å²) in [7, 11) is 5.46. The first-order chi connectivity index (χ1) is 17.2. The standard InChI is InChI=1S/C27H43F3N4O2/c1-31-17-21(18-32-2)15-24(33-3)26(36)34-23(13-12-19-8-5-4-6-9-19)25(35)16-20-10-7-11-22(14-20)27(28,29)30/h7,10-11,14,19,21,23-24,31-33H,4-6,8-9,12-13,15-18H2,1-3H3,(H,34,36)/t23?,24-/m0/s1. The first-order valence-electron chi connectivity index (χ1n) is 13.1. The normalized spacial score (nSPS) is 16.6. The molecule has 0 spiro atoms. The molecule has 9 heteroatoms. The Balaban J connectivity index is 2.12. The second-order valence-corrected chi connectivity index (χ2v) is 10.0. The largest absolute Gasteiger partial charge is 0.416 e. The van der Waals surface area contributed by atoms with Crippen molar-refractivity contribution >= 4 is 11.7 Å². The third-order valence-corrected chi connectivity index (χ3v) is 7.15. The molecule has 0 heterocycles. The molecule has 1 saturated carbocycles. The van der Waals surface area contributed by atoms with E-state index in [2.05, 4.69) is 21.3 Å². The third kappa shape index (κ3) is 10.2. The number of hydrogen-bond donors (Lipinski definition) is 4. The molecule has 1 aliphatic rings. The maximum atomic E-state index is 13.3. The van der Waals surface area contributed by atoms with Crippen LogP contribution in [0.2, 0.25) is 0 Å². The van der Waals surface area contributed by atoms with Gasteiger partial charge in [0.15, 0.2) is 5.78 Å². The Labute approximate surface area is 213 Å². The summed E-state index contributed by atoms with van der Waals surface area (Å²) in [6.45, 7) is 1.48. The number of carbonyl (C=O) groups excluding carboxylic acids is 2. The summed E-state index contributed by atoms with van der Waals surface area (Å²) < 4.78 is 39.4. The van der Waals surface area contributed by atoms with Crippen LogP contribution in [0.15, 0.2) is 24.3 Å². The van der Waals surface area contributed by atoms with Gasteiger partial charge in [-0.3, -0.25) is 9.59 Å². The lowest BCUT2D eigenvalue weighted by Gasteiger charge is -2.27. The van der Waals surface area contributed by atoms with Crippen molar-refractivity contribution in [1.29, 1.82) is 0 Å². The van der Waals surface area contributed by atoms with Gasteiger partial charge in [0.25, 0.3) is 0 Å². The van der Waals surface area contributed by atoms with E-state index >= 15 is 0 Å². The Hall–Kier alpha value is -1.97. The van der Waals surface area contributed by atoms with Crippen LogP contribution in [-0.4, -0.2) is 58.0 Å². The molecule has 1 amide bonds. The molecule has 4 N–H and O–H groups in total. The van der Waals surface area contributed by atoms with E-state index in [1.165, 1.54) is 31.4 Å². The Morgan fingerprint density at radius 2 is 1.67 bits per heavy atom. The molecule has 1 aromatic carbocycles. The fraction of sp³-hybridized carbons (Fsp3) is 0.704. The molecule has 1 aromatic rings. The minimum Gasteiger partial charge on any atom is -0.345 e. The molecule has 1 unspecified atom stereocenters. The van der Waals surface area contributed by atoms with Crippen LogP contribution in [0.4, 0.5) is 13.2 Å². The predicted octanol–water partition coefficient (Wildman–Crippen LogP) is 3.70. The number of nitrogens with one attached hydrogen (secondary N) is 4. The van der Waals surface area contributed by atoms with Crippen LogP contribution < -0.4 is 21.3 Å². The number of ketones is 1.